The number of benzene rings is 1. The highest BCUT2D eigenvalue weighted by atomic mass is 16.5. The molecule has 1 fully saturated rings. The van der Waals surface area contributed by atoms with Crippen LogP contribution in [0.15, 0.2) is 41.4 Å². The van der Waals surface area contributed by atoms with Crippen molar-refractivity contribution >= 4 is 5.91 Å². The highest BCUT2D eigenvalue weighted by Gasteiger charge is 2.28. The number of nitrogens with zero attached hydrogens (tertiary/aromatic N) is 6. The fraction of sp³-hybridized carbons (Fsp3) is 0.353. The topological polar surface area (TPSA) is 89.9 Å². The van der Waals surface area contributed by atoms with Crippen LogP contribution in [0.4, 0.5) is 0 Å². The Balaban J connectivity index is 1.48. The van der Waals surface area contributed by atoms with E-state index in [0.717, 1.165) is 25.1 Å². The average Bonchev–Trinajstić information content (AvgIpc) is 3.33. The molecule has 8 heteroatoms. The minimum Gasteiger partial charge on any atom is -0.340 e. The fourth-order valence-corrected chi connectivity index (χ4v) is 3.15. The maximum absolute atomic E-state index is 12.8. The quantitative estimate of drug-likeness (QED) is 0.725. The van der Waals surface area contributed by atoms with Gasteiger partial charge in [0.1, 0.15) is 12.7 Å². The van der Waals surface area contributed by atoms with Gasteiger partial charge in [-0.25, -0.2) is 0 Å². The van der Waals surface area contributed by atoms with Crippen molar-refractivity contribution in [2.24, 2.45) is 0 Å². The van der Waals surface area contributed by atoms with Crippen LogP contribution < -0.4 is 0 Å². The molecule has 1 aliphatic heterocycles. The molecule has 0 aliphatic carbocycles. The lowest BCUT2D eigenvalue weighted by Gasteiger charge is -2.31. The Morgan fingerprint density at radius 2 is 1.96 bits per heavy atom. The van der Waals surface area contributed by atoms with Gasteiger partial charge >= 0.3 is 0 Å². The van der Waals surface area contributed by atoms with E-state index in [9.17, 15) is 4.79 Å². The van der Waals surface area contributed by atoms with Crippen molar-refractivity contribution in [2.45, 2.75) is 25.7 Å². The fourth-order valence-electron chi connectivity index (χ4n) is 3.15. The van der Waals surface area contributed by atoms with Crippen LogP contribution in [0.25, 0.3) is 5.69 Å². The number of piperidine rings is 1. The number of hydrogen-bond donors (Lipinski definition) is 0. The molecule has 1 atom stereocenters. The van der Waals surface area contributed by atoms with Crippen molar-refractivity contribution in [3.8, 4) is 5.69 Å². The Morgan fingerprint density at radius 3 is 2.64 bits per heavy atom. The maximum atomic E-state index is 12.8. The number of aromatic nitrogens is 5. The Kier molecular flexibility index (Phi) is 4.01. The van der Waals surface area contributed by atoms with Gasteiger partial charge in [0.2, 0.25) is 5.89 Å². The smallest absolute Gasteiger partial charge is 0.253 e. The second-order valence-corrected chi connectivity index (χ2v) is 6.18. The summed E-state index contributed by atoms with van der Waals surface area (Å²) in [7, 11) is 0. The van der Waals surface area contributed by atoms with Crippen molar-refractivity contribution in [3.63, 3.8) is 0 Å². The van der Waals surface area contributed by atoms with E-state index in [4.69, 9.17) is 4.52 Å². The summed E-state index contributed by atoms with van der Waals surface area (Å²) in [5.41, 5.74) is 1.59. The summed E-state index contributed by atoms with van der Waals surface area (Å²) in [6.45, 7) is 3.14. The van der Waals surface area contributed by atoms with E-state index in [1.54, 1.807) is 24.1 Å². The molecule has 0 spiro atoms. The zero-order chi connectivity index (χ0) is 17.2. The zero-order valence-corrected chi connectivity index (χ0v) is 13.9. The van der Waals surface area contributed by atoms with Gasteiger partial charge in [0.25, 0.3) is 5.91 Å². The lowest BCUT2D eigenvalue weighted by molar-refractivity contribution is 0.0703. The molecule has 1 saturated heterocycles. The molecule has 0 radical (unpaired) electrons. The van der Waals surface area contributed by atoms with E-state index in [1.807, 2.05) is 29.2 Å². The number of hydrogen-bond acceptors (Lipinski definition) is 6. The van der Waals surface area contributed by atoms with Crippen LogP contribution in [0, 0.1) is 6.92 Å². The van der Waals surface area contributed by atoms with Crippen LogP contribution in [0.3, 0.4) is 0 Å². The van der Waals surface area contributed by atoms with E-state index < -0.39 is 0 Å². The monoisotopic (exact) mass is 338 g/mol. The van der Waals surface area contributed by atoms with E-state index >= 15 is 0 Å². The largest absolute Gasteiger partial charge is 0.340 e. The number of likely N-dealkylation sites (tertiary alicyclic amines) is 1. The average molecular weight is 338 g/mol. The van der Waals surface area contributed by atoms with Crippen molar-refractivity contribution in [2.75, 3.05) is 13.1 Å². The number of carbonyl (C=O) groups is 1. The van der Waals surface area contributed by atoms with Gasteiger partial charge in [0, 0.05) is 37.2 Å². The minimum atomic E-state index is 0.0280. The molecule has 3 heterocycles. The molecular formula is C17H18N6O2. The van der Waals surface area contributed by atoms with Gasteiger partial charge in [-0.3, -0.25) is 9.36 Å². The van der Waals surface area contributed by atoms with Gasteiger partial charge in [-0.15, -0.1) is 10.2 Å². The molecule has 128 valence electrons. The van der Waals surface area contributed by atoms with Crippen molar-refractivity contribution in [3.05, 3.63) is 54.2 Å². The summed E-state index contributed by atoms with van der Waals surface area (Å²) >= 11 is 0. The van der Waals surface area contributed by atoms with E-state index in [-0.39, 0.29) is 11.8 Å². The summed E-state index contributed by atoms with van der Waals surface area (Å²) < 4.78 is 6.86. The number of rotatable bonds is 3. The maximum Gasteiger partial charge on any atom is 0.253 e. The molecule has 8 nitrogen and oxygen atoms in total. The molecule has 1 amide bonds. The van der Waals surface area contributed by atoms with Gasteiger partial charge in [-0.05, 0) is 37.1 Å². The van der Waals surface area contributed by atoms with Crippen LogP contribution in [0.5, 0.6) is 0 Å². The molecular weight excluding hydrogens is 320 g/mol. The lowest BCUT2D eigenvalue weighted by Crippen LogP contribution is -2.39. The molecule has 1 aliphatic rings. The standard InChI is InChI=1S/C17H18N6O2/c1-12-20-16(21-25-12)14-3-2-8-22(9-14)17(24)13-4-6-15(7-5-13)23-10-18-19-11-23/h4-7,10-11,14H,2-3,8-9H2,1H3/t14-/m0/s1. The van der Waals surface area contributed by atoms with Gasteiger partial charge < -0.3 is 9.42 Å². The predicted molar refractivity (Wildman–Crippen MR) is 88.3 cm³/mol. The normalized spacial score (nSPS) is 17.6. The molecule has 25 heavy (non-hydrogen) atoms. The number of amides is 1. The van der Waals surface area contributed by atoms with Crippen molar-refractivity contribution in [1.82, 2.24) is 29.8 Å². The third-order valence-electron chi connectivity index (χ3n) is 4.45. The first kappa shape index (κ1) is 15.5. The molecule has 0 saturated carbocycles. The molecule has 0 bridgehead atoms. The SMILES string of the molecule is Cc1nc([C@H]2CCCN(C(=O)c3ccc(-n4cnnc4)cc3)C2)no1. The zero-order valence-electron chi connectivity index (χ0n) is 13.9. The predicted octanol–water partition coefficient (Wildman–Crippen LogP) is 1.98. The Bertz CT molecular complexity index is 856. The molecule has 1 aromatic carbocycles. The Hall–Kier alpha value is -3.03. The summed E-state index contributed by atoms with van der Waals surface area (Å²) in [5, 5.41) is 11.6. The van der Waals surface area contributed by atoms with Crippen LogP contribution in [-0.4, -0.2) is 48.8 Å². The first-order valence-corrected chi connectivity index (χ1v) is 8.25. The van der Waals surface area contributed by atoms with Crippen LogP contribution >= 0.6 is 0 Å². The van der Waals surface area contributed by atoms with Gasteiger partial charge in [-0.1, -0.05) is 5.16 Å². The first-order valence-electron chi connectivity index (χ1n) is 8.25. The van der Waals surface area contributed by atoms with Gasteiger partial charge in [-0.2, -0.15) is 4.98 Å². The molecule has 3 aromatic rings. The van der Waals surface area contributed by atoms with Crippen molar-refractivity contribution in [1.29, 1.82) is 0 Å². The summed E-state index contributed by atoms with van der Waals surface area (Å²) in [4.78, 5) is 19.0. The van der Waals surface area contributed by atoms with Crippen LogP contribution in [-0.2, 0) is 0 Å². The van der Waals surface area contributed by atoms with Gasteiger partial charge in [0.15, 0.2) is 5.82 Å². The highest BCUT2D eigenvalue weighted by Crippen LogP contribution is 2.26. The molecule has 4 rings (SSSR count). The van der Waals surface area contributed by atoms with Crippen LogP contribution in [0.1, 0.15) is 40.8 Å². The molecule has 2 aromatic heterocycles. The highest BCUT2D eigenvalue weighted by molar-refractivity contribution is 5.94. The first-order chi connectivity index (χ1) is 12.2. The van der Waals surface area contributed by atoms with Crippen molar-refractivity contribution < 1.29 is 9.32 Å². The van der Waals surface area contributed by atoms with Crippen LogP contribution in [0.2, 0.25) is 0 Å². The summed E-state index contributed by atoms with van der Waals surface area (Å²) in [6.07, 6.45) is 5.15. The van der Waals surface area contributed by atoms with E-state index in [2.05, 4.69) is 20.3 Å². The lowest BCUT2D eigenvalue weighted by atomic mass is 9.96. The van der Waals surface area contributed by atoms with E-state index in [1.165, 1.54) is 0 Å². The Morgan fingerprint density at radius 1 is 1.20 bits per heavy atom. The number of aryl methyl sites for hydroxylation is 1. The molecule has 0 unspecified atom stereocenters. The summed E-state index contributed by atoms with van der Waals surface area (Å²) in [5.74, 6) is 1.41. The third kappa shape index (κ3) is 3.15. The third-order valence-corrected chi connectivity index (χ3v) is 4.45. The minimum absolute atomic E-state index is 0.0280. The second kappa shape index (κ2) is 6.46. The Labute approximate surface area is 144 Å². The van der Waals surface area contributed by atoms with E-state index in [0.29, 0.717) is 23.8 Å². The second-order valence-electron chi connectivity index (χ2n) is 6.18. The molecule has 0 N–H and O–H groups in total. The van der Waals surface area contributed by atoms with Gasteiger partial charge in [0.05, 0.1) is 0 Å². The summed E-state index contributed by atoms with van der Waals surface area (Å²) in [6, 6.07) is 7.45. The number of carbonyl (C=O) groups excluding carboxylic acids is 1.